The molecule has 1 aliphatic carbocycles. The van der Waals surface area contributed by atoms with Crippen molar-refractivity contribution in [3.63, 3.8) is 0 Å². The molecule has 1 aliphatic rings. The summed E-state index contributed by atoms with van der Waals surface area (Å²) in [5.74, 6) is 0.477. The number of ether oxygens (including phenoxy) is 1. The highest BCUT2D eigenvalue weighted by atomic mass is 16.6. The number of rotatable bonds is 6. The summed E-state index contributed by atoms with van der Waals surface area (Å²) in [5.41, 5.74) is 0.386. The molecule has 2 rings (SSSR count). The van der Waals surface area contributed by atoms with Crippen LogP contribution in [0.1, 0.15) is 77.7 Å². The van der Waals surface area contributed by atoms with Crippen LogP contribution >= 0.6 is 0 Å². The lowest BCUT2D eigenvalue weighted by Crippen LogP contribution is -2.36. The van der Waals surface area contributed by atoms with E-state index >= 15 is 0 Å². The minimum absolute atomic E-state index is 0.0841. The van der Waals surface area contributed by atoms with Gasteiger partial charge in [-0.15, -0.1) is 0 Å². The summed E-state index contributed by atoms with van der Waals surface area (Å²) < 4.78 is 5.89. The van der Waals surface area contributed by atoms with Gasteiger partial charge in [-0.05, 0) is 82.9 Å². The molecule has 1 aromatic carbocycles. The molecule has 1 fully saturated rings. The van der Waals surface area contributed by atoms with Gasteiger partial charge >= 0.3 is 5.97 Å². The molecule has 23 heavy (non-hydrogen) atoms. The molecule has 0 amide bonds. The molecule has 1 N–H and O–H groups in total. The van der Waals surface area contributed by atoms with E-state index < -0.39 is 5.41 Å². The fraction of sp³-hybridized carbons (Fsp3) is 0.650. The minimum Gasteiger partial charge on any atom is -0.508 e. The lowest BCUT2D eigenvalue weighted by molar-refractivity contribution is -0.169. The van der Waals surface area contributed by atoms with Gasteiger partial charge in [-0.1, -0.05) is 19.1 Å². The molecule has 1 aromatic rings. The van der Waals surface area contributed by atoms with Gasteiger partial charge < -0.3 is 9.84 Å². The molecule has 3 nitrogen and oxygen atoms in total. The van der Waals surface area contributed by atoms with Gasteiger partial charge in [0.2, 0.25) is 0 Å². The first-order chi connectivity index (χ1) is 10.8. The Labute approximate surface area is 140 Å². The van der Waals surface area contributed by atoms with Crippen molar-refractivity contribution in [1.82, 2.24) is 0 Å². The van der Waals surface area contributed by atoms with Crippen molar-refractivity contribution in [1.29, 1.82) is 0 Å². The van der Waals surface area contributed by atoms with Gasteiger partial charge in [0.25, 0.3) is 0 Å². The summed E-state index contributed by atoms with van der Waals surface area (Å²) in [7, 11) is 0. The van der Waals surface area contributed by atoms with Crippen LogP contribution in [0, 0.1) is 5.41 Å². The van der Waals surface area contributed by atoms with Crippen LogP contribution in [0.25, 0.3) is 0 Å². The number of phenols is 1. The van der Waals surface area contributed by atoms with E-state index in [1.54, 1.807) is 12.1 Å². The van der Waals surface area contributed by atoms with E-state index in [0.717, 1.165) is 38.5 Å². The number of carbonyl (C=O) groups is 1. The maximum Gasteiger partial charge on any atom is 0.312 e. The third kappa shape index (κ3) is 4.49. The van der Waals surface area contributed by atoms with E-state index in [2.05, 4.69) is 13.8 Å². The van der Waals surface area contributed by atoms with Crippen LogP contribution in [0.4, 0.5) is 0 Å². The van der Waals surface area contributed by atoms with Crippen molar-refractivity contribution in [2.45, 2.75) is 77.7 Å². The lowest BCUT2D eigenvalue weighted by atomic mass is 9.78. The summed E-state index contributed by atoms with van der Waals surface area (Å²) in [6, 6.07) is 7.32. The van der Waals surface area contributed by atoms with Gasteiger partial charge in [0.1, 0.15) is 11.4 Å². The van der Waals surface area contributed by atoms with Crippen molar-refractivity contribution in [3.05, 3.63) is 29.8 Å². The number of esters is 1. The maximum atomic E-state index is 12.7. The van der Waals surface area contributed by atoms with Crippen LogP contribution in [0.3, 0.4) is 0 Å². The fourth-order valence-corrected chi connectivity index (χ4v) is 3.53. The maximum absolute atomic E-state index is 12.7. The van der Waals surface area contributed by atoms with E-state index in [1.165, 1.54) is 5.56 Å². The summed E-state index contributed by atoms with van der Waals surface area (Å²) >= 11 is 0. The molecule has 0 bridgehead atoms. The van der Waals surface area contributed by atoms with Gasteiger partial charge in [0.05, 0.1) is 5.41 Å². The molecule has 1 atom stereocenters. The Bertz CT molecular complexity index is 524. The second-order valence-corrected chi connectivity index (χ2v) is 7.83. The summed E-state index contributed by atoms with van der Waals surface area (Å²) in [6.45, 7) is 8.16. The SMILES string of the molecule is CCC(CC(C)(C)C(=O)OC1(C)CCCC1)c1ccc(O)cc1. The number of carbonyl (C=O) groups excluding carboxylic acids is 1. The molecule has 0 saturated heterocycles. The average Bonchev–Trinajstić information content (AvgIpc) is 2.92. The number of benzene rings is 1. The quantitative estimate of drug-likeness (QED) is 0.735. The van der Waals surface area contributed by atoms with Gasteiger partial charge in [0, 0.05) is 0 Å². The summed E-state index contributed by atoms with van der Waals surface area (Å²) in [4.78, 5) is 12.7. The number of aromatic hydroxyl groups is 1. The largest absolute Gasteiger partial charge is 0.508 e. The Hall–Kier alpha value is -1.51. The Morgan fingerprint density at radius 2 is 1.83 bits per heavy atom. The van der Waals surface area contributed by atoms with Crippen LogP contribution in [-0.4, -0.2) is 16.7 Å². The standard InChI is InChI=1S/C20H30O3/c1-5-15(16-8-10-17(21)11-9-16)14-19(2,3)18(22)23-20(4)12-6-7-13-20/h8-11,15,21H,5-7,12-14H2,1-4H3. The first-order valence-electron chi connectivity index (χ1n) is 8.78. The molecule has 0 aromatic heterocycles. The van der Waals surface area contributed by atoms with Crippen molar-refractivity contribution in [2.75, 3.05) is 0 Å². The van der Waals surface area contributed by atoms with E-state index in [9.17, 15) is 9.90 Å². The Kier molecular flexibility index (Phi) is 5.38. The van der Waals surface area contributed by atoms with Crippen LogP contribution in [0.2, 0.25) is 0 Å². The first kappa shape index (κ1) is 17.8. The fourth-order valence-electron chi connectivity index (χ4n) is 3.53. The number of hydrogen-bond donors (Lipinski definition) is 1. The number of hydrogen-bond acceptors (Lipinski definition) is 3. The Morgan fingerprint density at radius 3 is 2.35 bits per heavy atom. The topological polar surface area (TPSA) is 46.5 Å². The second kappa shape index (κ2) is 6.94. The third-order valence-electron chi connectivity index (χ3n) is 5.17. The highest BCUT2D eigenvalue weighted by Gasteiger charge is 2.39. The van der Waals surface area contributed by atoms with Crippen molar-refractivity contribution in [3.8, 4) is 5.75 Å². The van der Waals surface area contributed by atoms with Crippen LogP contribution in [0.15, 0.2) is 24.3 Å². The van der Waals surface area contributed by atoms with Crippen molar-refractivity contribution >= 4 is 5.97 Å². The average molecular weight is 318 g/mol. The van der Waals surface area contributed by atoms with E-state index in [1.807, 2.05) is 26.0 Å². The molecule has 3 heteroatoms. The lowest BCUT2D eigenvalue weighted by Gasteiger charge is -2.32. The molecular weight excluding hydrogens is 288 g/mol. The van der Waals surface area contributed by atoms with Crippen molar-refractivity contribution < 1.29 is 14.6 Å². The summed E-state index contributed by atoms with van der Waals surface area (Å²) in [5, 5.41) is 9.45. The molecule has 0 radical (unpaired) electrons. The van der Waals surface area contributed by atoms with Gasteiger partial charge in [-0.2, -0.15) is 0 Å². The first-order valence-corrected chi connectivity index (χ1v) is 8.78. The zero-order chi connectivity index (χ0) is 17.1. The molecular formula is C20H30O3. The predicted molar refractivity (Wildman–Crippen MR) is 92.5 cm³/mol. The molecule has 1 unspecified atom stereocenters. The molecule has 0 aliphatic heterocycles. The van der Waals surface area contributed by atoms with Gasteiger partial charge in [0.15, 0.2) is 0 Å². The smallest absolute Gasteiger partial charge is 0.312 e. The summed E-state index contributed by atoms with van der Waals surface area (Å²) in [6.07, 6.45) is 5.96. The molecule has 0 heterocycles. The van der Waals surface area contributed by atoms with E-state index in [0.29, 0.717) is 0 Å². The molecule has 1 saturated carbocycles. The van der Waals surface area contributed by atoms with Crippen molar-refractivity contribution in [2.24, 2.45) is 5.41 Å². The minimum atomic E-state index is -0.510. The third-order valence-corrected chi connectivity index (χ3v) is 5.17. The van der Waals surface area contributed by atoms with E-state index in [-0.39, 0.29) is 23.2 Å². The second-order valence-electron chi connectivity index (χ2n) is 7.83. The van der Waals surface area contributed by atoms with Gasteiger partial charge in [-0.25, -0.2) is 0 Å². The van der Waals surface area contributed by atoms with Crippen LogP contribution in [0.5, 0.6) is 5.75 Å². The molecule has 128 valence electrons. The molecule has 0 spiro atoms. The monoisotopic (exact) mass is 318 g/mol. The Balaban J connectivity index is 2.05. The van der Waals surface area contributed by atoms with Gasteiger partial charge in [-0.3, -0.25) is 4.79 Å². The normalized spacial score (nSPS) is 18.6. The van der Waals surface area contributed by atoms with Crippen LogP contribution < -0.4 is 0 Å². The highest BCUT2D eigenvalue weighted by Crippen LogP contribution is 2.39. The predicted octanol–water partition coefficient (Wildman–Crippen LogP) is 5.18. The van der Waals surface area contributed by atoms with Crippen LogP contribution in [-0.2, 0) is 9.53 Å². The Morgan fingerprint density at radius 1 is 1.26 bits per heavy atom. The van der Waals surface area contributed by atoms with E-state index in [4.69, 9.17) is 4.74 Å². The zero-order valence-electron chi connectivity index (χ0n) is 14.9. The zero-order valence-corrected chi connectivity index (χ0v) is 14.9. The number of phenolic OH excluding ortho intramolecular Hbond substituents is 1. The highest BCUT2D eigenvalue weighted by molar-refractivity contribution is 5.76.